The summed E-state index contributed by atoms with van der Waals surface area (Å²) >= 11 is 4.60. The van der Waals surface area contributed by atoms with Crippen molar-refractivity contribution < 1.29 is 9.90 Å². The molecule has 13 heavy (non-hydrogen) atoms. The highest BCUT2D eigenvalue weighted by atomic mass is 79.9. The van der Waals surface area contributed by atoms with Crippen molar-refractivity contribution in [3.8, 4) is 5.75 Å². The molecule has 0 aliphatic carbocycles. The van der Waals surface area contributed by atoms with Gasteiger partial charge in [0, 0.05) is 5.56 Å². The summed E-state index contributed by atoms with van der Waals surface area (Å²) in [7, 11) is 0. The van der Waals surface area contributed by atoms with Gasteiger partial charge in [-0.15, -0.1) is 11.3 Å². The Morgan fingerprint density at radius 3 is 3.00 bits per heavy atom. The van der Waals surface area contributed by atoms with E-state index in [1.807, 2.05) is 0 Å². The number of rotatable bonds is 1. The fourth-order valence-electron chi connectivity index (χ4n) is 1.10. The van der Waals surface area contributed by atoms with Gasteiger partial charge in [0.25, 0.3) is 0 Å². The zero-order valence-corrected chi connectivity index (χ0v) is 8.72. The second kappa shape index (κ2) is 3.08. The molecule has 3 nitrogen and oxygen atoms in total. The Morgan fingerprint density at radius 2 is 2.31 bits per heavy atom. The van der Waals surface area contributed by atoms with Crippen LogP contribution in [0, 0.1) is 0 Å². The number of nitrogens with zero attached hydrogens (tertiary/aromatic N) is 1. The van der Waals surface area contributed by atoms with Gasteiger partial charge >= 0.3 is 0 Å². The Balaban J connectivity index is 2.88. The minimum absolute atomic E-state index is 0.0887. The number of thiazole rings is 1. The van der Waals surface area contributed by atoms with Crippen molar-refractivity contribution in [2.75, 3.05) is 0 Å². The molecule has 0 fully saturated rings. The highest BCUT2D eigenvalue weighted by Gasteiger charge is 2.07. The monoisotopic (exact) mass is 257 g/mol. The number of carbonyl (C=O) groups excluding carboxylic acids is 1. The molecule has 0 aliphatic rings. The molecule has 0 bridgehead atoms. The average molecular weight is 258 g/mol. The largest absolute Gasteiger partial charge is 0.508 e. The first-order valence-corrected chi connectivity index (χ1v) is 5.06. The Kier molecular flexibility index (Phi) is 2.05. The first-order valence-electron chi connectivity index (χ1n) is 3.45. The topological polar surface area (TPSA) is 50.2 Å². The van der Waals surface area contributed by atoms with Crippen LogP contribution in [-0.2, 0) is 0 Å². The average Bonchev–Trinajstić information content (AvgIpc) is 2.43. The Morgan fingerprint density at radius 1 is 1.54 bits per heavy atom. The van der Waals surface area contributed by atoms with Gasteiger partial charge in [-0.1, -0.05) is 0 Å². The summed E-state index contributed by atoms with van der Waals surface area (Å²) in [5, 5.41) is 9.26. The van der Waals surface area contributed by atoms with Gasteiger partial charge in [-0.3, -0.25) is 4.79 Å². The van der Waals surface area contributed by atoms with Crippen LogP contribution in [0.25, 0.3) is 10.2 Å². The number of phenolic OH excluding ortho intramolecular Hbond substituents is 1. The summed E-state index contributed by atoms with van der Waals surface area (Å²) in [5.41, 5.74) is 1.04. The van der Waals surface area contributed by atoms with Gasteiger partial charge in [0.05, 0.1) is 10.2 Å². The molecule has 0 amide bonds. The number of benzene rings is 1. The van der Waals surface area contributed by atoms with Crippen molar-refractivity contribution in [2.45, 2.75) is 0 Å². The molecule has 0 saturated carbocycles. The molecule has 0 spiro atoms. The molecular formula is C8H4BrNO2S. The van der Waals surface area contributed by atoms with Crippen LogP contribution in [0.5, 0.6) is 5.75 Å². The zero-order valence-electron chi connectivity index (χ0n) is 6.32. The number of hydrogen-bond acceptors (Lipinski definition) is 4. The third kappa shape index (κ3) is 1.45. The van der Waals surface area contributed by atoms with Gasteiger partial charge in [-0.2, -0.15) is 0 Å². The number of carbonyl (C=O) groups is 1. The van der Waals surface area contributed by atoms with Crippen LogP contribution in [0.4, 0.5) is 0 Å². The van der Waals surface area contributed by atoms with E-state index >= 15 is 0 Å². The van der Waals surface area contributed by atoms with Gasteiger partial charge < -0.3 is 5.11 Å². The molecule has 66 valence electrons. The van der Waals surface area contributed by atoms with Crippen molar-refractivity contribution in [1.82, 2.24) is 4.98 Å². The first kappa shape index (κ1) is 8.65. The van der Waals surface area contributed by atoms with Crippen LogP contribution in [0.2, 0.25) is 0 Å². The molecule has 1 aromatic carbocycles. The molecule has 0 saturated heterocycles. The lowest BCUT2D eigenvalue weighted by molar-refractivity contribution is 0.112. The highest BCUT2D eigenvalue weighted by molar-refractivity contribution is 9.11. The minimum atomic E-state index is 0.0887. The standard InChI is InChI=1S/C8H4BrNO2S/c9-8-10-7-4(3-11)1-5(12)2-6(7)13-8/h1-3,12H. The predicted molar refractivity (Wildman–Crippen MR) is 54.4 cm³/mol. The molecule has 1 heterocycles. The van der Waals surface area contributed by atoms with Crippen LogP contribution in [-0.4, -0.2) is 16.4 Å². The van der Waals surface area contributed by atoms with Gasteiger partial charge in [-0.25, -0.2) is 4.98 Å². The fraction of sp³-hybridized carbons (Fsp3) is 0. The van der Waals surface area contributed by atoms with Crippen LogP contribution in [0.15, 0.2) is 16.0 Å². The van der Waals surface area contributed by atoms with Crippen molar-refractivity contribution in [1.29, 1.82) is 0 Å². The van der Waals surface area contributed by atoms with E-state index in [1.54, 1.807) is 6.07 Å². The van der Waals surface area contributed by atoms with Gasteiger partial charge in [0.2, 0.25) is 0 Å². The van der Waals surface area contributed by atoms with E-state index in [0.29, 0.717) is 21.3 Å². The number of aldehydes is 1. The maximum Gasteiger partial charge on any atom is 0.160 e. The molecule has 0 radical (unpaired) electrons. The lowest BCUT2D eigenvalue weighted by atomic mass is 10.2. The molecule has 0 atom stereocenters. The Bertz CT molecular complexity index is 480. The van der Waals surface area contributed by atoms with Gasteiger partial charge in [0.1, 0.15) is 5.75 Å². The second-order valence-corrected chi connectivity index (χ2v) is 4.77. The number of halogens is 1. The molecule has 2 aromatic rings. The third-order valence-corrected chi connectivity index (χ3v) is 3.06. The molecule has 1 N–H and O–H groups in total. The molecule has 2 rings (SSSR count). The number of hydrogen-bond donors (Lipinski definition) is 1. The fourth-order valence-corrected chi connectivity index (χ4v) is 2.56. The smallest absolute Gasteiger partial charge is 0.160 e. The Hall–Kier alpha value is -0.940. The molecule has 5 heteroatoms. The van der Waals surface area contributed by atoms with E-state index in [4.69, 9.17) is 0 Å². The number of aromatic hydroxyl groups is 1. The molecule has 1 aromatic heterocycles. The Labute approximate surface area is 86.2 Å². The maximum absolute atomic E-state index is 10.6. The summed E-state index contributed by atoms with van der Waals surface area (Å²) in [6, 6.07) is 2.99. The predicted octanol–water partition coefficient (Wildman–Crippen LogP) is 2.58. The molecule has 0 aliphatic heterocycles. The third-order valence-electron chi connectivity index (χ3n) is 1.61. The summed E-state index contributed by atoms with van der Waals surface area (Å²) < 4.78 is 1.50. The van der Waals surface area contributed by atoms with E-state index in [-0.39, 0.29) is 5.75 Å². The minimum Gasteiger partial charge on any atom is -0.508 e. The lowest BCUT2D eigenvalue weighted by Gasteiger charge is -1.94. The van der Waals surface area contributed by atoms with E-state index in [1.165, 1.54) is 17.4 Å². The maximum atomic E-state index is 10.6. The summed E-state index contributed by atoms with van der Waals surface area (Å²) in [6.07, 6.45) is 0.689. The quantitative estimate of drug-likeness (QED) is 0.800. The van der Waals surface area contributed by atoms with E-state index in [0.717, 1.165) is 4.70 Å². The van der Waals surface area contributed by atoms with Crippen LogP contribution in [0.1, 0.15) is 10.4 Å². The SMILES string of the molecule is O=Cc1cc(O)cc2sc(Br)nc12. The normalized spacial score (nSPS) is 10.5. The van der Waals surface area contributed by atoms with Gasteiger partial charge in [0.15, 0.2) is 10.2 Å². The van der Waals surface area contributed by atoms with E-state index in [9.17, 15) is 9.90 Å². The number of fused-ring (bicyclic) bond motifs is 1. The van der Waals surface area contributed by atoms with Gasteiger partial charge in [-0.05, 0) is 28.1 Å². The zero-order chi connectivity index (χ0) is 9.42. The van der Waals surface area contributed by atoms with Crippen molar-refractivity contribution >= 4 is 43.8 Å². The van der Waals surface area contributed by atoms with E-state index < -0.39 is 0 Å². The number of phenols is 1. The molecular weight excluding hydrogens is 254 g/mol. The van der Waals surface area contributed by atoms with Crippen LogP contribution in [0.3, 0.4) is 0 Å². The summed E-state index contributed by atoms with van der Waals surface area (Å²) in [6.45, 7) is 0. The lowest BCUT2D eigenvalue weighted by Crippen LogP contribution is -1.81. The summed E-state index contributed by atoms with van der Waals surface area (Å²) in [5.74, 6) is 0.0887. The van der Waals surface area contributed by atoms with Crippen LogP contribution >= 0.6 is 27.3 Å². The van der Waals surface area contributed by atoms with Crippen molar-refractivity contribution in [3.05, 3.63) is 21.6 Å². The highest BCUT2D eigenvalue weighted by Crippen LogP contribution is 2.30. The summed E-state index contributed by atoms with van der Waals surface area (Å²) in [4.78, 5) is 14.7. The number of aromatic nitrogens is 1. The second-order valence-electron chi connectivity index (χ2n) is 2.47. The first-order chi connectivity index (χ1) is 6.20. The molecule has 0 unspecified atom stereocenters. The van der Waals surface area contributed by atoms with Crippen LogP contribution < -0.4 is 0 Å². The van der Waals surface area contributed by atoms with E-state index in [2.05, 4.69) is 20.9 Å². The van der Waals surface area contributed by atoms with Crippen molar-refractivity contribution in [2.24, 2.45) is 0 Å². The van der Waals surface area contributed by atoms with Crippen molar-refractivity contribution in [3.63, 3.8) is 0 Å².